The van der Waals surface area contributed by atoms with Crippen molar-refractivity contribution in [2.45, 2.75) is 13.5 Å². The van der Waals surface area contributed by atoms with E-state index in [1.54, 1.807) is 24.5 Å². The zero-order valence-corrected chi connectivity index (χ0v) is 9.92. The van der Waals surface area contributed by atoms with Crippen LogP contribution in [0.15, 0.2) is 36.7 Å². The molecule has 0 spiro atoms. The van der Waals surface area contributed by atoms with Crippen LogP contribution >= 0.6 is 0 Å². The first kappa shape index (κ1) is 12.0. The molecule has 6 heteroatoms. The van der Waals surface area contributed by atoms with Gasteiger partial charge in [0, 0.05) is 25.9 Å². The monoisotopic (exact) mass is 243 g/mol. The van der Waals surface area contributed by atoms with Crippen LogP contribution in [0.3, 0.4) is 0 Å². The Kier molecular flexibility index (Phi) is 3.80. The van der Waals surface area contributed by atoms with Gasteiger partial charge in [-0.05, 0) is 29.8 Å². The molecule has 0 unspecified atom stereocenters. The fraction of sp³-hybridized carbons (Fsp3) is 0.167. The summed E-state index contributed by atoms with van der Waals surface area (Å²) in [6.45, 7) is 2.08. The van der Waals surface area contributed by atoms with Gasteiger partial charge in [0.15, 0.2) is 5.82 Å². The SMILES string of the molecule is CC(=O)Nc1ccc(NCc2ccncc2)nn1. The summed E-state index contributed by atoms with van der Waals surface area (Å²) in [4.78, 5) is 14.8. The molecule has 0 aromatic carbocycles. The van der Waals surface area contributed by atoms with Crippen LogP contribution in [-0.2, 0) is 11.3 Å². The van der Waals surface area contributed by atoms with Crippen LogP contribution in [0, 0.1) is 0 Å². The Morgan fingerprint density at radius 1 is 1.11 bits per heavy atom. The van der Waals surface area contributed by atoms with E-state index in [0.29, 0.717) is 18.2 Å². The van der Waals surface area contributed by atoms with Gasteiger partial charge >= 0.3 is 0 Å². The second-order valence-corrected chi connectivity index (χ2v) is 3.69. The molecule has 0 saturated heterocycles. The molecule has 92 valence electrons. The molecular formula is C12H13N5O. The second kappa shape index (κ2) is 5.72. The van der Waals surface area contributed by atoms with Gasteiger partial charge in [0.25, 0.3) is 0 Å². The van der Waals surface area contributed by atoms with Gasteiger partial charge in [-0.2, -0.15) is 0 Å². The van der Waals surface area contributed by atoms with Crippen molar-refractivity contribution in [3.8, 4) is 0 Å². The fourth-order valence-corrected chi connectivity index (χ4v) is 1.37. The fourth-order valence-electron chi connectivity index (χ4n) is 1.37. The molecule has 6 nitrogen and oxygen atoms in total. The largest absolute Gasteiger partial charge is 0.365 e. The van der Waals surface area contributed by atoms with Crippen LogP contribution in [-0.4, -0.2) is 21.1 Å². The quantitative estimate of drug-likeness (QED) is 0.849. The van der Waals surface area contributed by atoms with Crippen molar-refractivity contribution in [2.24, 2.45) is 0 Å². The van der Waals surface area contributed by atoms with E-state index in [1.165, 1.54) is 6.92 Å². The van der Waals surface area contributed by atoms with Gasteiger partial charge in [0.1, 0.15) is 5.82 Å². The van der Waals surface area contributed by atoms with E-state index in [9.17, 15) is 4.79 Å². The molecule has 0 aliphatic rings. The predicted octanol–water partition coefficient (Wildman–Crippen LogP) is 1.44. The minimum Gasteiger partial charge on any atom is -0.365 e. The second-order valence-electron chi connectivity index (χ2n) is 3.69. The Hall–Kier alpha value is -2.50. The van der Waals surface area contributed by atoms with E-state index in [0.717, 1.165) is 5.56 Å². The van der Waals surface area contributed by atoms with Crippen molar-refractivity contribution in [1.82, 2.24) is 15.2 Å². The lowest BCUT2D eigenvalue weighted by molar-refractivity contribution is -0.114. The van der Waals surface area contributed by atoms with E-state index < -0.39 is 0 Å². The Bertz CT molecular complexity index is 512. The molecule has 2 rings (SSSR count). The Morgan fingerprint density at radius 3 is 2.39 bits per heavy atom. The number of nitrogens with one attached hydrogen (secondary N) is 2. The molecule has 1 amide bonds. The maximum atomic E-state index is 10.8. The van der Waals surface area contributed by atoms with E-state index in [1.807, 2.05) is 12.1 Å². The number of carbonyl (C=O) groups is 1. The summed E-state index contributed by atoms with van der Waals surface area (Å²) in [6.07, 6.45) is 3.48. The minimum atomic E-state index is -0.165. The number of anilines is 2. The van der Waals surface area contributed by atoms with Crippen LogP contribution in [0.1, 0.15) is 12.5 Å². The van der Waals surface area contributed by atoms with Gasteiger partial charge in [0.05, 0.1) is 0 Å². The predicted molar refractivity (Wildman–Crippen MR) is 67.9 cm³/mol. The highest BCUT2D eigenvalue weighted by Crippen LogP contribution is 2.07. The highest BCUT2D eigenvalue weighted by molar-refractivity contribution is 5.87. The van der Waals surface area contributed by atoms with E-state index >= 15 is 0 Å². The van der Waals surface area contributed by atoms with Crippen LogP contribution in [0.4, 0.5) is 11.6 Å². The van der Waals surface area contributed by atoms with Gasteiger partial charge in [-0.15, -0.1) is 10.2 Å². The molecular weight excluding hydrogens is 230 g/mol. The number of rotatable bonds is 4. The summed E-state index contributed by atoms with van der Waals surface area (Å²) in [5.41, 5.74) is 1.11. The molecule has 0 saturated carbocycles. The third-order valence-electron chi connectivity index (χ3n) is 2.19. The lowest BCUT2D eigenvalue weighted by Gasteiger charge is -2.05. The van der Waals surface area contributed by atoms with Crippen LogP contribution < -0.4 is 10.6 Å². The molecule has 2 N–H and O–H groups in total. The molecule has 2 heterocycles. The number of hydrogen-bond acceptors (Lipinski definition) is 5. The van der Waals surface area contributed by atoms with Crippen molar-refractivity contribution in [1.29, 1.82) is 0 Å². The first-order chi connectivity index (χ1) is 8.74. The Labute approximate surface area is 104 Å². The molecule has 2 aromatic heterocycles. The lowest BCUT2D eigenvalue weighted by atomic mass is 10.3. The summed E-state index contributed by atoms with van der Waals surface area (Å²) in [5, 5.41) is 13.5. The van der Waals surface area contributed by atoms with Gasteiger partial charge in [0.2, 0.25) is 5.91 Å². The number of nitrogens with zero attached hydrogens (tertiary/aromatic N) is 3. The van der Waals surface area contributed by atoms with Crippen LogP contribution in [0.5, 0.6) is 0 Å². The molecule has 0 atom stereocenters. The zero-order chi connectivity index (χ0) is 12.8. The summed E-state index contributed by atoms with van der Waals surface area (Å²) in [6, 6.07) is 7.31. The molecule has 0 aliphatic heterocycles. The molecule has 0 aliphatic carbocycles. The maximum Gasteiger partial charge on any atom is 0.222 e. The number of carbonyl (C=O) groups excluding carboxylic acids is 1. The molecule has 0 radical (unpaired) electrons. The van der Waals surface area contributed by atoms with Crippen molar-refractivity contribution < 1.29 is 4.79 Å². The number of hydrogen-bond donors (Lipinski definition) is 2. The first-order valence-corrected chi connectivity index (χ1v) is 5.48. The van der Waals surface area contributed by atoms with E-state index in [-0.39, 0.29) is 5.91 Å². The summed E-state index contributed by atoms with van der Waals surface area (Å²) >= 11 is 0. The molecule has 2 aromatic rings. The van der Waals surface area contributed by atoms with Gasteiger partial charge in [-0.1, -0.05) is 0 Å². The van der Waals surface area contributed by atoms with E-state index in [4.69, 9.17) is 0 Å². The van der Waals surface area contributed by atoms with Gasteiger partial charge in [-0.25, -0.2) is 0 Å². The molecule has 0 fully saturated rings. The lowest BCUT2D eigenvalue weighted by Crippen LogP contribution is -2.09. The maximum absolute atomic E-state index is 10.8. The highest BCUT2D eigenvalue weighted by Gasteiger charge is 1.99. The van der Waals surface area contributed by atoms with Crippen molar-refractivity contribution in [2.75, 3.05) is 10.6 Å². The van der Waals surface area contributed by atoms with Crippen LogP contribution in [0.2, 0.25) is 0 Å². The topological polar surface area (TPSA) is 79.8 Å². The minimum absolute atomic E-state index is 0.165. The number of aromatic nitrogens is 3. The molecule has 18 heavy (non-hydrogen) atoms. The van der Waals surface area contributed by atoms with E-state index in [2.05, 4.69) is 25.8 Å². The van der Waals surface area contributed by atoms with Crippen molar-refractivity contribution in [3.63, 3.8) is 0 Å². The zero-order valence-electron chi connectivity index (χ0n) is 9.92. The number of amides is 1. The Balaban J connectivity index is 1.92. The van der Waals surface area contributed by atoms with Crippen molar-refractivity contribution in [3.05, 3.63) is 42.2 Å². The third kappa shape index (κ3) is 3.51. The third-order valence-corrected chi connectivity index (χ3v) is 2.19. The molecule has 0 bridgehead atoms. The highest BCUT2D eigenvalue weighted by atomic mass is 16.1. The standard InChI is InChI=1S/C12H13N5O/c1-9(18)15-12-3-2-11(16-17-12)14-8-10-4-6-13-7-5-10/h2-7H,8H2,1H3,(H,14,16)(H,15,17,18). The van der Waals surface area contributed by atoms with Gasteiger partial charge in [-0.3, -0.25) is 9.78 Å². The van der Waals surface area contributed by atoms with Crippen molar-refractivity contribution >= 4 is 17.5 Å². The average Bonchev–Trinajstić information content (AvgIpc) is 2.38. The summed E-state index contributed by atoms with van der Waals surface area (Å²) < 4.78 is 0. The summed E-state index contributed by atoms with van der Waals surface area (Å²) in [7, 11) is 0. The average molecular weight is 243 g/mol. The Morgan fingerprint density at radius 2 is 1.78 bits per heavy atom. The summed E-state index contributed by atoms with van der Waals surface area (Å²) in [5.74, 6) is 0.930. The normalized spacial score (nSPS) is 9.83. The number of pyridine rings is 1. The van der Waals surface area contributed by atoms with Gasteiger partial charge < -0.3 is 10.6 Å². The smallest absolute Gasteiger partial charge is 0.222 e. The van der Waals surface area contributed by atoms with Crippen LogP contribution in [0.25, 0.3) is 0 Å². The first-order valence-electron chi connectivity index (χ1n) is 5.48.